The maximum atomic E-state index is 12.4. The standard InChI is InChI=1S/C31H47Cl3O2/c1-19(2)7-6-8-20(3)24-11-12-25-23-10-9-21-17-22(36-28(35)18-27(32)29(33)34)13-15-30(21,4)26(23)14-16-31(24,25)5/h9,19-20,22-26H,6-8,10-18H2,1-5H3/t20-,22+,23+,24-,25-,26+,30+,31-/m1/s1. The minimum atomic E-state index is -0.338. The van der Waals surface area contributed by atoms with Crippen LogP contribution in [0.5, 0.6) is 0 Å². The van der Waals surface area contributed by atoms with E-state index in [1.807, 2.05) is 0 Å². The van der Waals surface area contributed by atoms with E-state index < -0.39 is 0 Å². The van der Waals surface area contributed by atoms with Crippen LogP contribution in [0.25, 0.3) is 0 Å². The Morgan fingerprint density at radius 2 is 1.78 bits per heavy atom. The van der Waals surface area contributed by atoms with Crippen molar-refractivity contribution in [2.45, 2.75) is 118 Å². The van der Waals surface area contributed by atoms with Gasteiger partial charge in [-0.2, -0.15) is 0 Å². The van der Waals surface area contributed by atoms with Crippen LogP contribution in [0.15, 0.2) is 21.2 Å². The van der Waals surface area contributed by atoms with Crippen molar-refractivity contribution < 1.29 is 9.53 Å². The van der Waals surface area contributed by atoms with Crippen molar-refractivity contribution >= 4 is 40.8 Å². The molecule has 4 rings (SSSR count). The van der Waals surface area contributed by atoms with E-state index in [0.29, 0.717) is 5.41 Å². The molecule has 3 fully saturated rings. The van der Waals surface area contributed by atoms with E-state index in [1.54, 1.807) is 0 Å². The molecule has 0 unspecified atom stereocenters. The molecule has 0 amide bonds. The lowest BCUT2D eigenvalue weighted by molar-refractivity contribution is -0.150. The predicted molar refractivity (Wildman–Crippen MR) is 152 cm³/mol. The van der Waals surface area contributed by atoms with Gasteiger partial charge in [0.05, 0.1) is 11.5 Å². The number of carbonyl (C=O) groups is 1. The summed E-state index contributed by atoms with van der Waals surface area (Å²) in [6.45, 7) is 12.4. The van der Waals surface area contributed by atoms with Crippen molar-refractivity contribution in [2.24, 2.45) is 46.3 Å². The van der Waals surface area contributed by atoms with Gasteiger partial charge in [0.25, 0.3) is 0 Å². The fourth-order valence-electron chi connectivity index (χ4n) is 9.17. The predicted octanol–water partition coefficient (Wildman–Crippen LogP) is 10.2. The fraction of sp³-hybridized carbons (Fsp3) is 0.839. The maximum absolute atomic E-state index is 12.4. The highest BCUT2D eigenvalue weighted by atomic mass is 35.5. The average Bonchev–Trinajstić information content (AvgIpc) is 3.16. The monoisotopic (exact) mass is 556 g/mol. The molecule has 0 spiro atoms. The molecule has 0 aromatic heterocycles. The van der Waals surface area contributed by atoms with Crippen LogP contribution in [-0.4, -0.2) is 12.1 Å². The molecule has 3 saturated carbocycles. The molecule has 0 aromatic rings. The van der Waals surface area contributed by atoms with Crippen LogP contribution < -0.4 is 0 Å². The molecule has 0 radical (unpaired) electrons. The number of halogens is 3. The second-order valence-electron chi connectivity index (χ2n) is 13.5. The smallest absolute Gasteiger partial charge is 0.311 e. The number of allylic oxidation sites excluding steroid dienone is 1. The van der Waals surface area contributed by atoms with E-state index in [1.165, 1.54) is 56.9 Å². The molecule has 8 atom stereocenters. The topological polar surface area (TPSA) is 26.3 Å². The molecule has 4 aliphatic carbocycles. The first kappa shape index (κ1) is 28.8. The molecule has 0 aliphatic heterocycles. The van der Waals surface area contributed by atoms with Gasteiger partial charge in [-0.25, -0.2) is 0 Å². The first-order valence-corrected chi connectivity index (χ1v) is 15.7. The summed E-state index contributed by atoms with van der Waals surface area (Å²) in [5.74, 6) is 4.69. The molecule has 0 saturated heterocycles. The van der Waals surface area contributed by atoms with Crippen molar-refractivity contribution in [1.29, 1.82) is 0 Å². The van der Waals surface area contributed by atoms with E-state index in [0.717, 1.165) is 54.8 Å². The third-order valence-electron chi connectivity index (χ3n) is 11.1. The van der Waals surface area contributed by atoms with Crippen molar-refractivity contribution in [1.82, 2.24) is 0 Å². The normalized spacial score (nSPS) is 38.5. The van der Waals surface area contributed by atoms with Gasteiger partial charge in [-0.3, -0.25) is 4.79 Å². The average molecular weight is 558 g/mol. The molecule has 204 valence electrons. The second kappa shape index (κ2) is 11.5. The molecule has 36 heavy (non-hydrogen) atoms. The van der Waals surface area contributed by atoms with Crippen LogP contribution in [0.2, 0.25) is 0 Å². The Labute approximate surface area is 234 Å². The van der Waals surface area contributed by atoms with Crippen LogP contribution in [0.3, 0.4) is 0 Å². The summed E-state index contributed by atoms with van der Waals surface area (Å²) in [6, 6.07) is 0. The summed E-state index contributed by atoms with van der Waals surface area (Å²) in [5, 5.41) is 0.151. The van der Waals surface area contributed by atoms with Crippen LogP contribution in [0, 0.1) is 46.3 Å². The zero-order chi connectivity index (χ0) is 26.3. The first-order valence-electron chi connectivity index (χ1n) is 14.5. The van der Waals surface area contributed by atoms with Crippen LogP contribution in [0.1, 0.15) is 112 Å². The third-order valence-corrected chi connectivity index (χ3v) is 12.0. The second-order valence-corrected chi connectivity index (χ2v) is 14.9. The lowest BCUT2D eigenvalue weighted by atomic mass is 9.47. The van der Waals surface area contributed by atoms with E-state index in [9.17, 15) is 4.79 Å². The summed E-state index contributed by atoms with van der Waals surface area (Å²) in [6.07, 6.45) is 16.3. The SMILES string of the molecule is CC(C)CCC[C@@H](C)[C@H]1CC[C@@H]2[C@@H]3CC=C4C[C@@H](OC(=O)CC(Cl)=C(Cl)Cl)CC[C@]4(C)[C@H]3CC[C@@]21C. The Bertz CT molecular complexity index is 875. The quantitative estimate of drug-likeness (QED) is 0.219. The summed E-state index contributed by atoms with van der Waals surface area (Å²) >= 11 is 17.4. The number of carbonyl (C=O) groups excluding carboxylic acids is 1. The van der Waals surface area contributed by atoms with E-state index >= 15 is 0 Å². The number of hydrogen-bond acceptors (Lipinski definition) is 2. The molecule has 0 aromatic carbocycles. The first-order chi connectivity index (χ1) is 17.0. The Hall–Kier alpha value is -0.180. The minimum absolute atomic E-state index is 0.0568. The number of ether oxygens (including phenoxy) is 1. The van der Waals surface area contributed by atoms with Gasteiger partial charge < -0.3 is 4.74 Å². The lowest BCUT2D eigenvalue weighted by Gasteiger charge is -2.58. The van der Waals surface area contributed by atoms with Gasteiger partial charge in [-0.1, -0.05) is 100 Å². The number of hydrogen-bond donors (Lipinski definition) is 0. The summed E-state index contributed by atoms with van der Waals surface area (Å²) in [5.41, 5.74) is 2.30. The number of rotatable bonds is 8. The maximum Gasteiger partial charge on any atom is 0.311 e. The molecule has 0 heterocycles. The van der Waals surface area contributed by atoms with Gasteiger partial charge in [0.1, 0.15) is 10.6 Å². The summed E-state index contributed by atoms with van der Waals surface area (Å²) in [7, 11) is 0. The molecule has 2 nitrogen and oxygen atoms in total. The highest BCUT2D eigenvalue weighted by molar-refractivity contribution is 6.59. The Balaban J connectivity index is 1.41. The highest BCUT2D eigenvalue weighted by Crippen LogP contribution is 2.67. The fourth-order valence-corrected chi connectivity index (χ4v) is 9.42. The third kappa shape index (κ3) is 5.72. The van der Waals surface area contributed by atoms with Gasteiger partial charge in [-0.05, 0) is 91.3 Å². The Morgan fingerprint density at radius 3 is 2.47 bits per heavy atom. The summed E-state index contributed by atoms with van der Waals surface area (Å²) < 4.78 is 5.74. The molecule has 0 bridgehead atoms. The van der Waals surface area contributed by atoms with Gasteiger partial charge in [-0.15, -0.1) is 0 Å². The van der Waals surface area contributed by atoms with Crippen LogP contribution in [0.4, 0.5) is 0 Å². The Kier molecular flexibility index (Phi) is 9.22. The molecule has 5 heteroatoms. The van der Waals surface area contributed by atoms with Crippen molar-refractivity contribution in [2.75, 3.05) is 0 Å². The van der Waals surface area contributed by atoms with Crippen molar-refractivity contribution in [3.05, 3.63) is 21.2 Å². The van der Waals surface area contributed by atoms with E-state index in [-0.39, 0.29) is 33.4 Å². The highest BCUT2D eigenvalue weighted by Gasteiger charge is 2.59. The minimum Gasteiger partial charge on any atom is -0.462 e. The zero-order valence-electron chi connectivity index (χ0n) is 23.1. The molecule has 0 N–H and O–H groups in total. The van der Waals surface area contributed by atoms with Crippen LogP contribution >= 0.6 is 34.8 Å². The van der Waals surface area contributed by atoms with Gasteiger partial charge in [0.2, 0.25) is 0 Å². The Morgan fingerprint density at radius 1 is 1.03 bits per heavy atom. The van der Waals surface area contributed by atoms with E-state index in [4.69, 9.17) is 39.5 Å². The molecule has 4 aliphatic rings. The van der Waals surface area contributed by atoms with Gasteiger partial charge in [0, 0.05) is 6.42 Å². The van der Waals surface area contributed by atoms with Gasteiger partial charge in [0.15, 0.2) is 0 Å². The van der Waals surface area contributed by atoms with Gasteiger partial charge >= 0.3 is 5.97 Å². The molecular formula is C31H47Cl3O2. The zero-order valence-corrected chi connectivity index (χ0v) is 25.3. The summed E-state index contributed by atoms with van der Waals surface area (Å²) in [4.78, 5) is 12.4. The number of esters is 1. The van der Waals surface area contributed by atoms with E-state index in [2.05, 4.69) is 40.7 Å². The van der Waals surface area contributed by atoms with Crippen molar-refractivity contribution in [3.63, 3.8) is 0 Å². The molecular weight excluding hydrogens is 511 g/mol. The largest absolute Gasteiger partial charge is 0.462 e. The lowest BCUT2D eigenvalue weighted by Crippen LogP contribution is -2.51. The van der Waals surface area contributed by atoms with Crippen molar-refractivity contribution in [3.8, 4) is 0 Å². The van der Waals surface area contributed by atoms with Crippen LogP contribution in [-0.2, 0) is 9.53 Å². The number of fused-ring (bicyclic) bond motifs is 5.